The average molecular weight is 456 g/mol. The van der Waals surface area contributed by atoms with Crippen LogP contribution in [0.15, 0.2) is 80.8 Å². The Morgan fingerprint density at radius 2 is 1.65 bits per heavy atom. The molecule has 2 aromatic heterocycles. The molecule has 4 aromatic rings. The summed E-state index contributed by atoms with van der Waals surface area (Å²) >= 11 is 1.07. The molecule has 0 bridgehead atoms. The van der Waals surface area contributed by atoms with Gasteiger partial charge in [-0.1, -0.05) is 65.8 Å². The molecular weight excluding hydrogens is 434 g/mol. The lowest BCUT2D eigenvalue weighted by Gasteiger charge is -2.21. The monoisotopic (exact) mass is 455 g/mol. The first-order chi connectivity index (χ1) is 15.0. The van der Waals surface area contributed by atoms with E-state index < -0.39 is 10.0 Å². The van der Waals surface area contributed by atoms with Gasteiger partial charge in [-0.2, -0.15) is 0 Å². The van der Waals surface area contributed by atoms with Crippen LogP contribution in [0.1, 0.15) is 22.9 Å². The van der Waals surface area contributed by atoms with Crippen LogP contribution in [0.25, 0.3) is 0 Å². The van der Waals surface area contributed by atoms with Gasteiger partial charge in [-0.15, -0.1) is 11.3 Å². The topological polar surface area (TPSA) is 93.5 Å². The van der Waals surface area contributed by atoms with Crippen LogP contribution in [-0.2, 0) is 10.0 Å². The fraction of sp³-hybridized carbons (Fsp3) is 0.136. The van der Waals surface area contributed by atoms with Crippen molar-refractivity contribution in [3.8, 4) is 5.75 Å². The summed E-state index contributed by atoms with van der Waals surface area (Å²) in [5.41, 5.74) is 2.67. The molecule has 2 heterocycles. The van der Waals surface area contributed by atoms with Gasteiger partial charge in [0, 0.05) is 11.4 Å². The molecule has 9 heteroatoms. The number of thiophene rings is 1. The van der Waals surface area contributed by atoms with E-state index in [1.807, 2.05) is 60.7 Å². The smallest absolute Gasteiger partial charge is 0.276 e. The number of methoxy groups -OCH3 is 1. The molecule has 0 aliphatic rings. The van der Waals surface area contributed by atoms with Crippen LogP contribution in [0.4, 0.5) is 11.5 Å². The highest BCUT2D eigenvalue weighted by Crippen LogP contribution is 2.41. The largest absolute Gasteiger partial charge is 0.492 e. The highest BCUT2D eigenvalue weighted by atomic mass is 32.2. The zero-order valence-electron chi connectivity index (χ0n) is 16.9. The summed E-state index contributed by atoms with van der Waals surface area (Å²) < 4.78 is 38.8. The van der Waals surface area contributed by atoms with Crippen LogP contribution in [0, 0.1) is 6.92 Å². The zero-order valence-corrected chi connectivity index (χ0v) is 18.5. The van der Waals surface area contributed by atoms with Gasteiger partial charge in [0.05, 0.1) is 18.8 Å². The SMILES string of the molecule is COc1c(NC(c2ccccc2)c2ccccc2)csc1S(=O)(=O)Nc1cc(C)on1. The van der Waals surface area contributed by atoms with E-state index in [2.05, 4.69) is 15.2 Å². The number of benzene rings is 2. The Hall–Kier alpha value is -3.30. The number of ether oxygens (including phenoxy) is 1. The number of rotatable bonds is 8. The maximum atomic E-state index is 12.9. The first kappa shape index (κ1) is 21.0. The van der Waals surface area contributed by atoms with Gasteiger partial charge in [-0.3, -0.25) is 4.72 Å². The van der Waals surface area contributed by atoms with Crippen molar-refractivity contribution < 1.29 is 17.7 Å². The summed E-state index contributed by atoms with van der Waals surface area (Å²) in [6.45, 7) is 1.69. The molecule has 0 saturated carbocycles. The summed E-state index contributed by atoms with van der Waals surface area (Å²) in [6, 6.07) is 21.2. The molecule has 0 fully saturated rings. The fourth-order valence-corrected chi connectivity index (χ4v) is 5.59. The van der Waals surface area contributed by atoms with E-state index in [1.165, 1.54) is 13.2 Å². The molecule has 0 unspecified atom stereocenters. The number of sulfonamides is 1. The first-order valence-electron chi connectivity index (χ1n) is 9.46. The number of nitrogens with zero attached hydrogens (tertiary/aromatic N) is 1. The molecule has 0 saturated heterocycles. The minimum atomic E-state index is -3.91. The van der Waals surface area contributed by atoms with Gasteiger partial charge in [0.2, 0.25) is 0 Å². The molecule has 2 aromatic carbocycles. The van der Waals surface area contributed by atoms with Crippen LogP contribution >= 0.6 is 11.3 Å². The number of nitrogens with one attached hydrogen (secondary N) is 2. The minimum absolute atomic E-state index is 0.0537. The quantitative estimate of drug-likeness (QED) is 0.386. The van der Waals surface area contributed by atoms with Gasteiger partial charge >= 0.3 is 0 Å². The molecule has 0 aliphatic carbocycles. The number of aryl methyl sites for hydroxylation is 1. The lowest BCUT2D eigenvalue weighted by atomic mass is 9.98. The molecule has 160 valence electrons. The van der Waals surface area contributed by atoms with Gasteiger partial charge in [-0.25, -0.2) is 8.42 Å². The van der Waals surface area contributed by atoms with Crippen molar-refractivity contribution in [1.82, 2.24) is 5.16 Å². The molecule has 0 amide bonds. The lowest BCUT2D eigenvalue weighted by Crippen LogP contribution is -2.14. The Balaban J connectivity index is 1.69. The molecule has 31 heavy (non-hydrogen) atoms. The molecule has 4 rings (SSSR count). The number of anilines is 2. The second-order valence-electron chi connectivity index (χ2n) is 6.80. The van der Waals surface area contributed by atoms with Crippen LogP contribution < -0.4 is 14.8 Å². The Labute approximate surface area is 184 Å². The Kier molecular flexibility index (Phi) is 5.97. The zero-order chi connectivity index (χ0) is 21.8. The minimum Gasteiger partial charge on any atom is -0.492 e. The second kappa shape index (κ2) is 8.83. The van der Waals surface area contributed by atoms with Gasteiger partial charge in [0.25, 0.3) is 10.0 Å². The van der Waals surface area contributed by atoms with Gasteiger partial charge < -0.3 is 14.6 Å². The highest BCUT2D eigenvalue weighted by Gasteiger charge is 2.27. The fourth-order valence-electron chi connectivity index (χ4n) is 3.21. The standard InChI is InChI=1S/C22H21N3O4S2/c1-15-13-19(24-29-15)25-31(26,27)22-21(28-2)18(14-30-22)23-20(16-9-5-3-6-10-16)17-11-7-4-8-12-17/h3-14,20,23H,1-2H3,(H,24,25). The van der Waals surface area contributed by atoms with Crippen molar-refractivity contribution in [2.75, 3.05) is 17.1 Å². The number of aromatic nitrogens is 1. The molecule has 0 spiro atoms. The first-order valence-corrected chi connectivity index (χ1v) is 11.8. The molecule has 2 N–H and O–H groups in total. The Bertz CT molecular complexity index is 1210. The van der Waals surface area contributed by atoms with E-state index in [0.717, 1.165) is 22.5 Å². The van der Waals surface area contributed by atoms with Gasteiger partial charge in [0.15, 0.2) is 15.8 Å². The van der Waals surface area contributed by atoms with E-state index in [1.54, 1.807) is 12.3 Å². The van der Waals surface area contributed by atoms with Crippen molar-refractivity contribution in [2.24, 2.45) is 0 Å². The molecule has 0 radical (unpaired) electrons. The summed E-state index contributed by atoms with van der Waals surface area (Å²) in [7, 11) is -2.46. The van der Waals surface area contributed by atoms with Crippen LogP contribution in [-0.4, -0.2) is 20.7 Å². The third-order valence-electron chi connectivity index (χ3n) is 4.59. The lowest BCUT2D eigenvalue weighted by molar-refractivity contribution is 0.400. The third-order valence-corrected chi connectivity index (χ3v) is 7.45. The number of hydrogen-bond acceptors (Lipinski definition) is 7. The normalized spacial score (nSPS) is 11.5. The van der Waals surface area contributed by atoms with Gasteiger partial charge in [-0.05, 0) is 18.1 Å². The average Bonchev–Trinajstić information content (AvgIpc) is 3.38. The van der Waals surface area contributed by atoms with Gasteiger partial charge in [0.1, 0.15) is 5.76 Å². The van der Waals surface area contributed by atoms with E-state index in [9.17, 15) is 8.42 Å². The van der Waals surface area contributed by atoms with E-state index >= 15 is 0 Å². The van der Waals surface area contributed by atoms with Crippen LogP contribution in [0.3, 0.4) is 0 Å². The van der Waals surface area contributed by atoms with E-state index in [4.69, 9.17) is 9.26 Å². The highest BCUT2D eigenvalue weighted by molar-refractivity contribution is 7.94. The molecular formula is C22H21N3O4S2. The summed E-state index contributed by atoms with van der Waals surface area (Å²) in [6.07, 6.45) is 0. The Morgan fingerprint density at radius 1 is 1.03 bits per heavy atom. The predicted octanol–water partition coefficient (Wildman–Crippen LogP) is 5.06. The van der Waals surface area contributed by atoms with Crippen molar-refractivity contribution in [3.05, 3.63) is 89.0 Å². The van der Waals surface area contributed by atoms with Crippen LogP contribution in [0.2, 0.25) is 0 Å². The Morgan fingerprint density at radius 3 is 2.16 bits per heavy atom. The van der Waals surface area contributed by atoms with E-state index in [-0.39, 0.29) is 21.8 Å². The summed E-state index contributed by atoms with van der Waals surface area (Å²) in [5, 5.41) is 8.89. The molecule has 7 nitrogen and oxygen atoms in total. The maximum Gasteiger partial charge on any atom is 0.276 e. The molecule has 0 atom stereocenters. The van der Waals surface area contributed by atoms with Crippen molar-refractivity contribution >= 4 is 32.9 Å². The third kappa shape index (κ3) is 4.57. The van der Waals surface area contributed by atoms with Crippen molar-refractivity contribution in [3.63, 3.8) is 0 Å². The predicted molar refractivity (Wildman–Crippen MR) is 121 cm³/mol. The number of hydrogen-bond donors (Lipinski definition) is 2. The van der Waals surface area contributed by atoms with Crippen LogP contribution in [0.5, 0.6) is 5.75 Å². The summed E-state index contributed by atoms with van der Waals surface area (Å²) in [4.78, 5) is 0. The van der Waals surface area contributed by atoms with Crippen molar-refractivity contribution in [1.29, 1.82) is 0 Å². The van der Waals surface area contributed by atoms with Crippen molar-refractivity contribution in [2.45, 2.75) is 17.2 Å². The molecule has 0 aliphatic heterocycles. The van der Waals surface area contributed by atoms with E-state index in [0.29, 0.717) is 11.4 Å². The summed E-state index contributed by atoms with van der Waals surface area (Å²) in [5.74, 6) is 0.871. The maximum absolute atomic E-state index is 12.9. The second-order valence-corrected chi connectivity index (χ2v) is 9.55.